The highest BCUT2D eigenvalue weighted by molar-refractivity contribution is 14.0. The number of aliphatic imine (C=N–C) groups is 1. The normalized spacial score (nSPS) is 18.1. The summed E-state index contributed by atoms with van der Waals surface area (Å²) in [5.41, 5.74) is 1.16. The quantitative estimate of drug-likeness (QED) is 0.273. The summed E-state index contributed by atoms with van der Waals surface area (Å²) >= 11 is 0. The molecular formula is C21H33IN4O2. The Kier molecular flexibility index (Phi) is 8.85. The molecule has 1 amide bonds. The molecule has 0 atom stereocenters. The number of amides is 1. The second-order valence-corrected chi connectivity index (χ2v) is 7.60. The molecule has 2 aliphatic rings. The summed E-state index contributed by atoms with van der Waals surface area (Å²) < 4.78 is 5.12. The number of methoxy groups -OCH3 is 1. The maximum Gasteiger partial charge on any atom is 0.251 e. The summed E-state index contributed by atoms with van der Waals surface area (Å²) in [6, 6.07) is 7.13. The molecule has 0 aromatic heterocycles. The molecule has 7 heteroatoms. The van der Waals surface area contributed by atoms with Crippen LogP contribution in [0.5, 0.6) is 5.75 Å². The molecule has 2 fully saturated rings. The molecular weight excluding hydrogens is 467 g/mol. The van der Waals surface area contributed by atoms with Crippen molar-refractivity contribution in [3.63, 3.8) is 0 Å². The average molecular weight is 500 g/mol. The van der Waals surface area contributed by atoms with Gasteiger partial charge in [-0.1, -0.05) is 12.8 Å². The SMILES string of the molecule is CCNC(=NCCNC(=O)c1ccc(OC)cc1)N1CCC2(CCCC2)C1.I. The molecule has 156 valence electrons. The maximum absolute atomic E-state index is 12.2. The lowest BCUT2D eigenvalue weighted by atomic mass is 9.86. The van der Waals surface area contributed by atoms with Gasteiger partial charge in [0.15, 0.2) is 5.96 Å². The number of hydrogen-bond donors (Lipinski definition) is 2. The molecule has 3 rings (SSSR count). The minimum Gasteiger partial charge on any atom is -0.497 e. The highest BCUT2D eigenvalue weighted by atomic mass is 127. The van der Waals surface area contributed by atoms with E-state index in [1.807, 2.05) is 0 Å². The van der Waals surface area contributed by atoms with E-state index in [-0.39, 0.29) is 29.9 Å². The fourth-order valence-corrected chi connectivity index (χ4v) is 4.25. The fraction of sp³-hybridized carbons (Fsp3) is 0.619. The van der Waals surface area contributed by atoms with Gasteiger partial charge in [0.1, 0.15) is 5.75 Å². The van der Waals surface area contributed by atoms with Crippen LogP contribution in [0.2, 0.25) is 0 Å². The number of nitrogens with zero attached hydrogens (tertiary/aromatic N) is 2. The minimum atomic E-state index is -0.0797. The molecule has 0 bridgehead atoms. The molecule has 1 aliphatic carbocycles. The Morgan fingerprint density at radius 2 is 1.89 bits per heavy atom. The van der Waals surface area contributed by atoms with E-state index in [1.54, 1.807) is 31.4 Å². The van der Waals surface area contributed by atoms with E-state index in [9.17, 15) is 4.79 Å². The average Bonchev–Trinajstić information content (AvgIpc) is 3.34. The van der Waals surface area contributed by atoms with Gasteiger partial charge in [0.2, 0.25) is 0 Å². The third kappa shape index (κ3) is 5.75. The van der Waals surface area contributed by atoms with Gasteiger partial charge in [-0.3, -0.25) is 9.79 Å². The van der Waals surface area contributed by atoms with Crippen LogP contribution in [0.3, 0.4) is 0 Å². The first kappa shape index (κ1) is 22.8. The second kappa shape index (κ2) is 10.9. The van der Waals surface area contributed by atoms with Gasteiger partial charge >= 0.3 is 0 Å². The zero-order valence-corrected chi connectivity index (χ0v) is 19.3. The summed E-state index contributed by atoms with van der Waals surface area (Å²) in [5.74, 6) is 1.65. The van der Waals surface area contributed by atoms with Crippen LogP contribution in [0.25, 0.3) is 0 Å². The molecule has 1 saturated carbocycles. The monoisotopic (exact) mass is 500 g/mol. The van der Waals surface area contributed by atoms with Crippen LogP contribution in [0.4, 0.5) is 0 Å². The van der Waals surface area contributed by atoms with Crippen LogP contribution in [-0.2, 0) is 0 Å². The molecule has 2 N–H and O–H groups in total. The van der Waals surface area contributed by atoms with Gasteiger partial charge in [-0.15, -0.1) is 24.0 Å². The number of rotatable bonds is 6. The van der Waals surface area contributed by atoms with E-state index >= 15 is 0 Å². The van der Waals surface area contributed by atoms with Crippen molar-refractivity contribution in [3.8, 4) is 5.75 Å². The van der Waals surface area contributed by atoms with E-state index in [4.69, 9.17) is 9.73 Å². The van der Waals surface area contributed by atoms with Gasteiger partial charge in [-0.05, 0) is 55.9 Å². The predicted molar refractivity (Wildman–Crippen MR) is 124 cm³/mol. The summed E-state index contributed by atoms with van der Waals surface area (Å²) in [6.45, 7) is 6.27. The highest BCUT2D eigenvalue weighted by Crippen LogP contribution is 2.45. The van der Waals surface area contributed by atoms with Crippen LogP contribution in [0.1, 0.15) is 49.4 Å². The van der Waals surface area contributed by atoms with Crippen molar-refractivity contribution in [2.45, 2.75) is 39.0 Å². The lowest BCUT2D eigenvalue weighted by Crippen LogP contribution is -2.41. The summed E-state index contributed by atoms with van der Waals surface area (Å²) in [5, 5.41) is 6.35. The zero-order valence-electron chi connectivity index (χ0n) is 17.0. The van der Waals surface area contributed by atoms with Gasteiger partial charge in [0, 0.05) is 31.7 Å². The van der Waals surface area contributed by atoms with E-state index in [1.165, 1.54) is 32.1 Å². The molecule has 1 spiro atoms. The van der Waals surface area contributed by atoms with Gasteiger partial charge in [-0.2, -0.15) is 0 Å². The Morgan fingerprint density at radius 3 is 2.54 bits per heavy atom. The molecule has 1 heterocycles. The van der Waals surface area contributed by atoms with Crippen LogP contribution in [0, 0.1) is 5.41 Å². The Bertz CT molecular complexity index is 657. The number of ether oxygens (including phenoxy) is 1. The van der Waals surface area contributed by atoms with Crippen LogP contribution < -0.4 is 15.4 Å². The molecule has 28 heavy (non-hydrogen) atoms. The summed E-state index contributed by atoms with van der Waals surface area (Å²) in [4.78, 5) is 19.4. The Morgan fingerprint density at radius 1 is 1.18 bits per heavy atom. The van der Waals surface area contributed by atoms with E-state index < -0.39 is 0 Å². The minimum absolute atomic E-state index is 0. The third-order valence-electron chi connectivity index (χ3n) is 5.75. The predicted octanol–water partition coefficient (Wildman–Crippen LogP) is 3.27. The molecule has 6 nitrogen and oxygen atoms in total. The number of halogens is 1. The molecule has 1 aromatic rings. The second-order valence-electron chi connectivity index (χ2n) is 7.60. The smallest absolute Gasteiger partial charge is 0.251 e. The first-order valence-corrected chi connectivity index (χ1v) is 10.1. The maximum atomic E-state index is 12.2. The van der Waals surface area contributed by atoms with E-state index in [2.05, 4.69) is 22.5 Å². The van der Waals surface area contributed by atoms with Crippen molar-refractivity contribution < 1.29 is 9.53 Å². The fourth-order valence-electron chi connectivity index (χ4n) is 4.25. The van der Waals surface area contributed by atoms with E-state index in [0.29, 0.717) is 24.1 Å². The Balaban J connectivity index is 0.00000280. The number of nitrogens with one attached hydrogen (secondary N) is 2. The number of benzene rings is 1. The van der Waals surface area contributed by atoms with Crippen molar-refractivity contribution in [2.24, 2.45) is 10.4 Å². The molecule has 1 aromatic carbocycles. The van der Waals surface area contributed by atoms with Crippen LogP contribution in [-0.4, -0.2) is 56.6 Å². The molecule has 0 unspecified atom stereocenters. The Hall–Kier alpha value is -1.51. The largest absolute Gasteiger partial charge is 0.497 e. The molecule has 1 saturated heterocycles. The lowest BCUT2D eigenvalue weighted by Gasteiger charge is -2.26. The van der Waals surface area contributed by atoms with Crippen molar-refractivity contribution in [1.29, 1.82) is 0 Å². The summed E-state index contributed by atoms with van der Waals surface area (Å²) in [7, 11) is 1.62. The number of likely N-dealkylation sites (tertiary alicyclic amines) is 1. The first-order valence-electron chi connectivity index (χ1n) is 10.1. The third-order valence-corrected chi connectivity index (χ3v) is 5.75. The van der Waals surface area contributed by atoms with Crippen molar-refractivity contribution in [2.75, 3.05) is 39.8 Å². The zero-order chi connectivity index (χ0) is 19.1. The van der Waals surface area contributed by atoms with Crippen molar-refractivity contribution in [1.82, 2.24) is 15.5 Å². The topological polar surface area (TPSA) is 66.0 Å². The van der Waals surface area contributed by atoms with Gasteiger partial charge in [-0.25, -0.2) is 0 Å². The summed E-state index contributed by atoms with van der Waals surface area (Å²) in [6.07, 6.45) is 6.76. The Labute approximate surface area is 185 Å². The van der Waals surface area contributed by atoms with Crippen molar-refractivity contribution >= 4 is 35.8 Å². The number of carbonyl (C=O) groups excluding carboxylic acids is 1. The molecule has 1 aliphatic heterocycles. The van der Waals surface area contributed by atoms with Gasteiger partial charge in [0.05, 0.1) is 13.7 Å². The number of hydrogen-bond acceptors (Lipinski definition) is 3. The van der Waals surface area contributed by atoms with Gasteiger partial charge < -0.3 is 20.3 Å². The highest BCUT2D eigenvalue weighted by Gasteiger charge is 2.41. The molecule has 0 radical (unpaired) electrons. The lowest BCUT2D eigenvalue weighted by molar-refractivity contribution is 0.0954. The van der Waals surface area contributed by atoms with Crippen molar-refractivity contribution in [3.05, 3.63) is 29.8 Å². The standard InChI is InChI=1S/C21H32N4O2.HI/c1-3-22-20(25-15-12-21(16-25)10-4-5-11-21)24-14-13-23-19(26)17-6-8-18(27-2)9-7-17;/h6-9H,3-5,10-16H2,1-2H3,(H,22,24)(H,23,26);1H. The van der Waals surface area contributed by atoms with Gasteiger partial charge in [0.25, 0.3) is 5.91 Å². The van der Waals surface area contributed by atoms with E-state index in [0.717, 1.165) is 31.3 Å². The number of carbonyl (C=O) groups is 1. The van der Waals surface area contributed by atoms with Crippen LogP contribution in [0.15, 0.2) is 29.3 Å². The number of guanidine groups is 1. The van der Waals surface area contributed by atoms with Crippen LogP contribution >= 0.6 is 24.0 Å². The first-order chi connectivity index (χ1) is 13.2.